The van der Waals surface area contributed by atoms with Gasteiger partial charge in [0.2, 0.25) is 0 Å². The lowest BCUT2D eigenvalue weighted by Crippen LogP contribution is -2.10. The number of hydrogen-bond acceptors (Lipinski definition) is 5. The third kappa shape index (κ3) is 2.22. The van der Waals surface area contributed by atoms with E-state index in [1.807, 2.05) is 6.92 Å². The van der Waals surface area contributed by atoms with Crippen LogP contribution in [-0.2, 0) is 0 Å². The molecular formula is C12H11FN6. The first-order valence-corrected chi connectivity index (χ1v) is 5.78. The molecule has 0 aliphatic heterocycles. The van der Waals surface area contributed by atoms with Crippen LogP contribution in [-0.4, -0.2) is 25.0 Å². The SMILES string of the molecule is CC(Nc1cncc2nnnn12)c1ccc(F)cc1. The molecule has 0 radical (unpaired) electrons. The van der Waals surface area contributed by atoms with Crippen molar-refractivity contribution in [3.05, 3.63) is 48.0 Å². The number of nitrogens with one attached hydrogen (secondary N) is 1. The summed E-state index contributed by atoms with van der Waals surface area (Å²) in [4.78, 5) is 4.06. The summed E-state index contributed by atoms with van der Waals surface area (Å²) in [6, 6.07) is 6.32. The molecule has 3 aromatic rings. The third-order valence-electron chi connectivity index (χ3n) is 2.84. The molecular weight excluding hydrogens is 247 g/mol. The van der Waals surface area contributed by atoms with Gasteiger partial charge < -0.3 is 5.32 Å². The largest absolute Gasteiger partial charge is 0.362 e. The van der Waals surface area contributed by atoms with Crippen LogP contribution in [0, 0.1) is 5.82 Å². The molecule has 96 valence electrons. The van der Waals surface area contributed by atoms with Crippen molar-refractivity contribution in [2.45, 2.75) is 13.0 Å². The van der Waals surface area contributed by atoms with Crippen LogP contribution in [0.25, 0.3) is 5.65 Å². The molecule has 0 amide bonds. The lowest BCUT2D eigenvalue weighted by Gasteiger charge is -2.15. The van der Waals surface area contributed by atoms with E-state index in [0.717, 1.165) is 5.56 Å². The quantitative estimate of drug-likeness (QED) is 0.776. The van der Waals surface area contributed by atoms with Crippen LogP contribution in [0.2, 0.25) is 0 Å². The first kappa shape index (κ1) is 11.5. The van der Waals surface area contributed by atoms with E-state index in [0.29, 0.717) is 11.5 Å². The molecule has 0 spiro atoms. The Morgan fingerprint density at radius 1 is 1.21 bits per heavy atom. The highest BCUT2D eigenvalue weighted by atomic mass is 19.1. The van der Waals surface area contributed by atoms with Crippen molar-refractivity contribution in [2.24, 2.45) is 0 Å². The smallest absolute Gasteiger partial charge is 0.199 e. The molecule has 19 heavy (non-hydrogen) atoms. The van der Waals surface area contributed by atoms with Gasteiger partial charge in [-0.1, -0.05) is 12.1 Å². The van der Waals surface area contributed by atoms with Crippen molar-refractivity contribution < 1.29 is 4.39 Å². The molecule has 1 N–H and O–H groups in total. The minimum Gasteiger partial charge on any atom is -0.362 e. The Morgan fingerprint density at radius 2 is 2.00 bits per heavy atom. The van der Waals surface area contributed by atoms with E-state index in [4.69, 9.17) is 0 Å². The van der Waals surface area contributed by atoms with Gasteiger partial charge in [0.25, 0.3) is 0 Å². The fourth-order valence-corrected chi connectivity index (χ4v) is 1.83. The Hall–Kier alpha value is -2.57. The van der Waals surface area contributed by atoms with E-state index in [-0.39, 0.29) is 11.9 Å². The summed E-state index contributed by atoms with van der Waals surface area (Å²) in [5.41, 5.74) is 1.53. The third-order valence-corrected chi connectivity index (χ3v) is 2.84. The van der Waals surface area contributed by atoms with E-state index >= 15 is 0 Å². The van der Waals surface area contributed by atoms with Crippen LogP contribution >= 0.6 is 0 Å². The van der Waals surface area contributed by atoms with Gasteiger partial charge in [-0.2, -0.15) is 4.52 Å². The Kier molecular flexibility index (Phi) is 2.79. The van der Waals surface area contributed by atoms with Crippen molar-refractivity contribution in [1.29, 1.82) is 0 Å². The minimum atomic E-state index is -0.250. The van der Waals surface area contributed by atoms with Gasteiger partial charge in [-0.3, -0.25) is 4.98 Å². The van der Waals surface area contributed by atoms with E-state index in [9.17, 15) is 4.39 Å². The topological polar surface area (TPSA) is 68.0 Å². The lowest BCUT2D eigenvalue weighted by molar-refractivity contribution is 0.626. The predicted octanol–water partition coefficient (Wildman–Crippen LogP) is 1.83. The van der Waals surface area contributed by atoms with Gasteiger partial charge in [-0.05, 0) is 35.0 Å². The number of fused-ring (bicyclic) bond motifs is 1. The minimum absolute atomic E-state index is 0.0165. The zero-order valence-electron chi connectivity index (χ0n) is 10.2. The van der Waals surface area contributed by atoms with Gasteiger partial charge in [0, 0.05) is 6.04 Å². The highest BCUT2D eigenvalue weighted by molar-refractivity contribution is 5.45. The second-order valence-electron chi connectivity index (χ2n) is 4.16. The van der Waals surface area contributed by atoms with Crippen molar-refractivity contribution in [3.63, 3.8) is 0 Å². The Morgan fingerprint density at radius 3 is 2.79 bits per heavy atom. The highest BCUT2D eigenvalue weighted by Crippen LogP contribution is 2.18. The predicted molar refractivity (Wildman–Crippen MR) is 67.0 cm³/mol. The van der Waals surface area contributed by atoms with E-state index in [2.05, 4.69) is 25.8 Å². The molecule has 0 saturated carbocycles. The summed E-state index contributed by atoms with van der Waals surface area (Å²) < 4.78 is 14.4. The maximum Gasteiger partial charge on any atom is 0.199 e. The zero-order valence-corrected chi connectivity index (χ0v) is 10.2. The van der Waals surface area contributed by atoms with Crippen molar-refractivity contribution in [3.8, 4) is 0 Å². The monoisotopic (exact) mass is 258 g/mol. The molecule has 0 bridgehead atoms. The average Bonchev–Trinajstić information content (AvgIpc) is 2.89. The molecule has 1 atom stereocenters. The molecule has 0 aliphatic carbocycles. The van der Waals surface area contributed by atoms with Crippen molar-refractivity contribution in [2.75, 3.05) is 5.32 Å². The van der Waals surface area contributed by atoms with Gasteiger partial charge in [-0.15, -0.1) is 5.10 Å². The van der Waals surface area contributed by atoms with Crippen LogP contribution in [0.3, 0.4) is 0 Å². The van der Waals surface area contributed by atoms with Crippen LogP contribution in [0.1, 0.15) is 18.5 Å². The molecule has 2 heterocycles. The van der Waals surface area contributed by atoms with E-state index in [1.165, 1.54) is 12.1 Å². The Labute approximate surface area is 108 Å². The summed E-state index contributed by atoms with van der Waals surface area (Å²) >= 11 is 0. The van der Waals surface area contributed by atoms with Crippen LogP contribution in [0.5, 0.6) is 0 Å². The number of halogens is 1. The zero-order chi connectivity index (χ0) is 13.2. The number of aromatic nitrogens is 5. The first-order chi connectivity index (χ1) is 9.24. The van der Waals surface area contributed by atoms with Gasteiger partial charge in [-0.25, -0.2) is 4.39 Å². The summed E-state index contributed by atoms with van der Waals surface area (Å²) in [6.07, 6.45) is 3.22. The van der Waals surface area contributed by atoms with Crippen molar-refractivity contribution >= 4 is 11.5 Å². The first-order valence-electron chi connectivity index (χ1n) is 5.78. The second-order valence-corrected chi connectivity index (χ2v) is 4.16. The van der Waals surface area contributed by atoms with E-state index in [1.54, 1.807) is 29.0 Å². The van der Waals surface area contributed by atoms with Gasteiger partial charge in [0.05, 0.1) is 12.4 Å². The molecule has 0 saturated heterocycles. The van der Waals surface area contributed by atoms with Crippen molar-refractivity contribution in [1.82, 2.24) is 25.0 Å². The number of benzene rings is 1. The molecule has 0 aliphatic rings. The maximum atomic E-state index is 12.9. The standard InChI is InChI=1S/C12H11FN6/c1-8(9-2-4-10(13)5-3-9)15-11-6-14-7-12-16-17-18-19(11)12/h2-8,15H,1H3. The van der Waals surface area contributed by atoms with Gasteiger partial charge >= 0.3 is 0 Å². The Balaban J connectivity index is 1.88. The molecule has 1 unspecified atom stereocenters. The normalized spacial score (nSPS) is 12.5. The van der Waals surface area contributed by atoms with Crippen LogP contribution in [0.15, 0.2) is 36.7 Å². The maximum absolute atomic E-state index is 12.9. The fraction of sp³-hybridized carbons (Fsp3) is 0.167. The molecule has 3 rings (SSSR count). The van der Waals surface area contributed by atoms with E-state index < -0.39 is 0 Å². The van der Waals surface area contributed by atoms with Gasteiger partial charge in [0.1, 0.15) is 5.82 Å². The van der Waals surface area contributed by atoms with Gasteiger partial charge in [0.15, 0.2) is 11.5 Å². The number of nitrogens with zero attached hydrogens (tertiary/aromatic N) is 5. The number of tetrazole rings is 1. The second kappa shape index (κ2) is 4.60. The average molecular weight is 258 g/mol. The summed E-state index contributed by atoms with van der Waals surface area (Å²) in [7, 11) is 0. The number of rotatable bonds is 3. The molecule has 0 fully saturated rings. The fourth-order valence-electron chi connectivity index (χ4n) is 1.83. The number of anilines is 1. The highest BCUT2D eigenvalue weighted by Gasteiger charge is 2.09. The molecule has 7 heteroatoms. The van der Waals surface area contributed by atoms with Crippen LogP contribution in [0.4, 0.5) is 10.2 Å². The Bertz CT molecular complexity index is 693. The van der Waals surface area contributed by atoms with Crippen LogP contribution < -0.4 is 5.32 Å². The summed E-state index contributed by atoms with van der Waals surface area (Å²) in [5, 5.41) is 14.5. The molecule has 6 nitrogen and oxygen atoms in total. The number of hydrogen-bond donors (Lipinski definition) is 1. The summed E-state index contributed by atoms with van der Waals surface area (Å²) in [6.45, 7) is 1.97. The molecule has 2 aromatic heterocycles. The molecule has 1 aromatic carbocycles. The lowest BCUT2D eigenvalue weighted by atomic mass is 10.1. The summed E-state index contributed by atoms with van der Waals surface area (Å²) in [5.74, 6) is 0.430.